The maximum atomic E-state index is 15.5. The predicted octanol–water partition coefficient (Wildman–Crippen LogP) is 7.60. The molecule has 0 spiro atoms. The molecule has 18 nitrogen and oxygen atoms in total. The zero-order chi connectivity index (χ0) is 56.5. The minimum absolute atomic E-state index is 0.0348. The van der Waals surface area contributed by atoms with Gasteiger partial charge in [-0.25, -0.2) is 0 Å². The van der Waals surface area contributed by atoms with Gasteiger partial charge in [-0.3, -0.25) is 4.79 Å². The molecule has 0 N–H and O–H groups in total. The third-order valence-corrected chi connectivity index (χ3v) is 28.4. The summed E-state index contributed by atoms with van der Waals surface area (Å²) in [6, 6.07) is 2.21. The summed E-state index contributed by atoms with van der Waals surface area (Å²) in [5, 5.41) is 0.544. The molecule has 75 heavy (non-hydrogen) atoms. The van der Waals surface area contributed by atoms with Crippen molar-refractivity contribution in [3.8, 4) is 5.75 Å². The van der Waals surface area contributed by atoms with Gasteiger partial charge in [0.05, 0.1) is 0 Å². The van der Waals surface area contributed by atoms with Gasteiger partial charge >= 0.3 is 378 Å². The average molecular weight is 1170 g/mol. The van der Waals surface area contributed by atoms with Crippen LogP contribution in [0, 0.1) is 0 Å². The van der Waals surface area contributed by atoms with Crippen molar-refractivity contribution in [3.63, 3.8) is 0 Å². The molecule has 1 atom stereocenters. The summed E-state index contributed by atoms with van der Waals surface area (Å²) in [6.45, 7) is 30.0. The molecule has 2 amide bonds. The Balaban J connectivity index is 2.46. The van der Waals surface area contributed by atoms with Crippen LogP contribution < -0.4 is 8.32 Å². The number of amides is 2. The molecule has 0 saturated carbocycles. The van der Waals surface area contributed by atoms with Crippen LogP contribution in [-0.4, -0.2) is 186 Å². The molecule has 0 bridgehead atoms. The molecule has 0 aromatic heterocycles. The molecule has 2 saturated heterocycles. The fraction of sp³-hybridized carbons (Fsp3) is 0.768. The van der Waals surface area contributed by atoms with E-state index in [1.807, 2.05) is 46.4 Å². The average Bonchev–Trinajstić information content (AvgIpc) is 3.58. The summed E-state index contributed by atoms with van der Waals surface area (Å²) < 4.78 is 34.2. The third kappa shape index (κ3) is 22.6. The zero-order valence-electron chi connectivity index (χ0n) is 48.8. The SMILES string of the molecule is CCC[CH2][Sn]([CH2]CCC)([CH2]CCC)[c]1cc(C(=O)ON2C(=O)CCC2=O)cc(C(C(=O)OC(C)(C)C)N2CCN(CC(=O)OC(C)(C)C)CCN(CC(=O)OC(C)(C)C)CCN(CC(=O)OC(C)(C)C)CC2)c1OC. The van der Waals surface area contributed by atoms with Gasteiger partial charge in [0.15, 0.2) is 0 Å². The van der Waals surface area contributed by atoms with Crippen LogP contribution in [0.4, 0.5) is 0 Å². The number of hydroxylamine groups is 2. The molecule has 0 aliphatic carbocycles. The van der Waals surface area contributed by atoms with E-state index in [1.54, 1.807) is 75.5 Å². The van der Waals surface area contributed by atoms with E-state index in [2.05, 4.69) is 20.8 Å². The van der Waals surface area contributed by atoms with E-state index in [0.29, 0.717) is 42.6 Å². The summed E-state index contributed by atoms with van der Waals surface area (Å²) in [5.74, 6) is -3.58. The van der Waals surface area contributed by atoms with Gasteiger partial charge in [0.25, 0.3) is 0 Å². The van der Waals surface area contributed by atoms with Gasteiger partial charge in [-0.15, -0.1) is 0 Å². The molecule has 2 fully saturated rings. The van der Waals surface area contributed by atoms with E-state index < -0.39 is 88.5 Å². The van der Waals surface area contributed by atoms with E-state index in [1.165, 1.54) is 0 Å². The van der Waals surface area contributed by atoms with Gasteiger partial charge in [-0.2, -0.15) is 0 Å². The van der Waals surface area contributed by atoms with E-state index in [4.69, 9.17) is 28.5 Å². The number of hydrogen-bond acceptors (Lipinski definition) is 17. The minimum atomic E-state index is -3.72. The number of nitrogens with zero attached hydrogens (tertiary/aromatic N) is 5. The number of imide groups is 1. The molecule has 2 aliphatic heterocycles. The van der Waals surface area contributed by atoms with Crippen molar-refractivity contribution >= 4 is 63.6 Å². The van der Waals surface area contributed by atoms with Crippen LogP contribution in [0.1, 0.15) is 177 Å². The summed E-state index contributed by atoms with van der Waals surface area (Å²) in [7, 11) is 1.59. The van der Waals surface area contributed by atoms with Crippen LogP contribution in [0.15, 0.2) is 12.1 Å². The Kier molecular flexibility index (Phi) is 25.5. The number of benzene rings is 1. The second-order valence-corrected chi connectivity index (χ2v) is 37.4. The Bertz CT molecular complexity index is 2010. The van der Waals surface area contributed by atoms with Crippen LogP contribution in [-0.2, 0) is 52.6 Å². The molecule has 426 valence electrons. The van der Waals surface area contributed by atoms with Crippen molar-refractivity contribution in [2.75, 3.05) is 79.1 Å². The van der Waals surface area contributed by atoms with Crippen LogP contribution in [0.3, 0.4) is 0 Å². The van der Waals surface area contributed by atoms with Gasteiger partial charge in [0.1, 0.15) is 5.60 Å². The molecule has 1 unspecified atom stereocenters. The van der Waals surface area contributed by atoms with Crippen LogP contribution in [0.25, 0.3) is 0 Å². The molecule has 19 heteroatoms. The summed E-state index contributed by atoms with van der Waals surface area (Å²) in [5.41, 5.74) is -2.78. The first kappa shape index (κ1) is 65.4. The van der Waals surface area contributed by atoms with E-state index in [-0.39, 0.29) is 64.2 Å². The number of carbonyl (C=O) groups excluding carboxylic acids is 7. The molecule has 2 aliphatic rings. The first-order chi connectivity index (χ1) is 34.8. The Morgan fingerprint density at radius 2 is 0.907 bits per heavy atom. The summed E-state index contributed by atoms with van der Waals surface area (Å²) in [6.07, 6.45) is 5.60. The second kappa shape index (κ2) is 29.2. The number of methoxy groups -OCH3 is 1. The monoisotopic (exact) mass is 1170 g/mol. The van der Waals surface area contributed by atoms with E-state index in [9.17, 15) is 28.8 Å². The Labute approximate surface area is 453 Å². The predicted molar refractivity (Wildman–Crippen MR) is 291 cm³/mol. The third-order valence-electron chi connectivity index (χ3n) is 12.8. The van der Waals surface area contributed by atoms with E-state index in [0.717, 1.165) is 55.4 Å². The van der Waals surface area contributed by atoms with Gasteiger partial charge in [-0.05, 0) is 62.3 Å². The van der Waals surface area contributed by atoms with Crippen LogP contribution in [0.2, 0.25) is 13.3 Å². The van der Waals surface area contributed by atoms with Crippen LogP contribution in [0.5, 0.6) is 5.75 Å². The normalized spacial score (nSPS) is 17.2. The molecular formula is C56H95N5O13Sn. The Morgan fingerprint density at radius 3 is 1.24 bits per heavy atom. The van der Waals surface area contributed by atoms with Crippen molar-refractivity contribution in [2.45, 2.75) is 197 Å². The fourth-order valence-corrected chi connectivity index (χ4v) is 26.2. The maximum absolute atomic E-state index is 15.5. The first-order valence-electron chi connectivity index (χ1n) is 27.4. The van der Waals surface area contributed by atoms with Gasteiger partial charge < -0.3 is 4.74 Å². The second-order valence-electron chi connectivity index (χ2n) is 24.3. The van der Waals surface area contributed by atoms with Crippen molar-refractivity contribution in [1.82, 2.24) is 24.7 Å². The van der Waals surface area contributed by atoms with Crippen molar-refractivity contribution in [3.05, 3.63) is 23.3 Å². The topological polar surface area (TPSA) is 191 Å². The number of esters is 4. The van der Waals surface area contributed by atoms with E-state index >= 15 is 4.79 Å². The van der Waals surface area contributed by atoms with Gasteiger partial charge in [0.2, 0.25) is 0 Å². The number of hydrogen-bond donors (Lipinski definition) is 0. The molecular weight excluding hydrogens is 1070 g/mol. The van der Waals surface area contributed by atoms with Crippen molar-refractivity contribution in [1.29, 1.82) is 0 Å². The Morgan fingerprint density at radius 1 is 0.547 bits per heavy atom. The zero-order valence-corrected chi connectivity index (χ0v) is 51.7. The van der Waals surface area contributed by atoms with Gasteiger partial charge in [0, 0.05) is 0 Å². The number of rotatable bonds is 22. The molecule has 2 heterocycles. The molecule has 1 aromatic rings. The Hall–Kier alpha value is -3.85. The van der Waals surface area contributed by atoms with Crippen molar-refractivity contribution < 1.29 is 62.1 Å². The number of carbonyl (C=O) groups is 7. The van der Waals surface area contributed by atoms with Gasteiger partial charge in [-0.1, -0.05) is 0 Å². The van der Waals surface area contributed by atoms with Crippen LogP contribution >= 0.6 is 0 Å². The fourth-order valence-electron chi connectivity index (χ4n) is 9.50. The summed E-state index contributed by atoms with van der Waals surface area (Å²) in [4.78, 5) is 110. The number of ether oxygens (including phenoxy) is 5. The molecule has 1 aromatic carbocycles. The quantitative estimate of drug-likeness (QED) is 0.0477. The molecule has 3 rings (SSSR count). The standard InChI is InChI=1S/C44H68N5O13.3C4H9.Sn/c1-41(2,3)58-35(52)27-45-18-20-46(28-36(53)59-42(4,5)6)22-24-48(25-23-47(21-19-45)29-37(54)60-43(7,8)9)38(40(56)61-44(10,11)12)31-26-30(14-15-32(31)57-13)39(55)62-49-33(50)16-17-34(49)51;3*1-3-4-2;/h14,26,38H,16-25,27-29H2,1-13H3;3*1,3-4H2,2H3;. The number of unbranched alkanes of at least 4 members (excludes halogenated alkanes) is 3. The van der Waals surface area contributed by atoms with Crippen molar-refractivity contribution in [2.24, 2.45) is 0 Å². The molecule has 0 radical (unpaired) electrons. The summed E-state index contributed by atoms with van der Waals surface area (Å²) >= 11 is -3.72. The first-order valence-corrected chi connectivity index (χ1v) is 34.9.